The Hall–Kier alpha value is -3.93. The fraction of sp³-hybridized carbons (Fsp3) is 0.276. The number of nitrogens with zero attached hydrogens (tertiary/aromatic N) is 3. The first kappa shape index (κ1) is 24.2. The Bertz CT molecular complexity index is 1410. The SMILES string of the molecule is COc1cc2nc(C)nc(N[C@H](C)c3cccc(C)c3)c2cc1-c1ccc(C(=O)N(C)C)c(C)c1. The van der Waals surface area contributed by atoms with Gasteiger partial charge in [0.05, 0.1) is 12.6 Å². The average Bonchev–Trinajstić information content (AvgIpc) is 2.82. The zero-order valence-corrected chi connectivity index (χ0v) is 21.4. The molecule has 0 aliphatic rings. The Balaban J connectivity index is 1.82. The Morgan fingerprint density at radius 3 is 2.43 bits per heavy atom. The van der Waals surface area contributed by atoms with Gasteiger partial charge in [0, 0.05) is 42.7 Å². The number of anilines is 1. The zero-order chi connectivity index (χ0) is 25.3. The molecule has 0 saturated carbocycles. The summed E-state index contributed by atoms with van der Waals surface area (Å²) in [6.45, 7) is 8.08. The van der Waals surface area contributed by atoms with E-state index in [0.29, 0.717) is 11.4 Å². The molecule has 1 heterocycles. The van der Waals surface area contributed by atoms with Crippen LogP contribution in [0.25, 0.3) is 22.0 Å². The van der Waals surface area contributed by atoms with Crippen LogP contribution >= 0.6 is 0 Å². The van der Waals surface area contributed by atoms with Crippen LogP contribution in [0.5, 0.6) is 5.75 Å². The van der Waals surface area contributed by atoms with E-state index in [9.17, 15) is 4.79 Å². The van der Waals surface area contributed by atoms with E-state index in [1.165, 1.54) is 11.1 Å². The summed E-state index contributed by atoms with van der Waals surface area (Å²) in [6.07, 6.45) is 0. The van der Waals surface area contributed by atoms with Gasteiger partial charge in [-0.3, -0.25) is 4.79 Å². The second-order valence-corrected chi connectivity index (χ2v) is 9.20. The van der Waals surface area contributed by atoms with Crippen molar-refractivity contribution in [3.63, 3.8) is 0 Å². The molecule has 1 aromatic heterocycles. The minimum atomic E-state index is -0.0139. The molecular formula is C29H32N4O2. The van der Waals surface area contributed by atoms with E-state index in [1.54, 1.807) is 26.1 Å². The van der Waals surface area contributed by atoms with Gasteiger partial charge in [0.2, 0.25) is 0 Å². The van der Waals surface area contributed by atoms with Crippen molar-refractivity contribution in [1.82, 2.24) is 14.9 Å². The zero-order valence-electron chi connectivity index (χ0n) is 21.4. The number of methoxy groups -OCH3 is 1. The van der Waals surface area contributed by atoms with Gasteiger partial charge in [-0.1, -0.05) is 42.0 Å². The highest BCUT2D eigenvalue weighted by molar-refractivity contribution is 5.98. The molecule has 0 bridgehead atoms. The summed E-state index contributed by atoms with van der Waals surface area (Å²) in [5.74, 6) is 2.18. The number of nitrogens with one attached hydrogen (secondary N) is 1. The molecule has 0 spiro atoms. The van der Waals surface area contributed by atoms with Gasteiger partial charge in [-0.25, -0.2) is 9.97 Å². The van der Waals surface area contributed by atoms with Crippen molar-refractivity contribution in [3.8, 4) is 16.9 Å². The first-order chi connectivity index (χ1) is 16.7. The van der Waals surface area contributed by atoms with Crippen LogP contribution in [0, 0.1) is 20.8 Å². The maximum Gasteiger partial charge on any atom is 0.253 e. The second kappa shape index (κ2) is 9.74. The van der Waals surface area contributed by atoms with E-state index < -0.39 is 0 Å². The predicted molar refractivity (Wildman–Crippen MR) is 142 cm³/mol. The molecule has 0 unspecified atom stereocenters. The molecule has 6 heteroatoms. The third-order valence-electron chi connectivity index (χ3n) is 6.20. The second-order valence-electron chi connectivity index (χ2n) is 9.20. The van der Waals surface area contributed by atoms with Crippen LogP contribution in [0.1, 0.15) is 45.8 Å². The molecule has 4 rings (SSSR count). The number of fused-ring (bicyclic) bond motifs is 1. The van der Waals surface area contributed by atoms with Crippen molar-refractivity contribution in [2.75, 3.05) is 26.5 Å². The molecule has 3 aromatic carbocycles. The van der Waals surface area contributed by atoms with Gasteiger partial charge in [0.25, 0.3) is 5.91 Å². The number of amides is 1. The summed E-state index contributed by atoms with van der Waals surface area (Å²) in [5, 5.41) is 4.51. The summed E-state index contributed by atoms with van der Waals surface area (Å²) >= 11 is 0. The number of rotatable bonds is 6. The number of carbonyl (C=O) groups is 1. The molecule has 6 nitrogen and oxygen atoms in total. The highest BCUT2D eigenvalue weighted by Gasteiger charge is 2.17. The Labute approximate surface area is 207 Å². The van der Waals surface area contributed by atoms with E-state index in [4.69, 9.17) is 9.72 Å². The summed E-state index contributed by atoms with van der Waals surface area (Å²) in [6, 6.07) is 18.4. The lowest BCUT2D eigenvalue weighted by Crippen LogP contribution is -2.22. The third-order valence-corrected chi connectivity index (χ3v) is 6.20. The monoisotopic (exact) mass is 468 g/mol. The Kier molecular flexibility index (Phi) is 6.74. The first-order valence-corrected chi connectivity index (χ1v) is 11.7. The molecule has 0 saturated heterocycles. The van der Waals surface area contributed by atoms with Crippen LogP contribution in [0.15, 0.2) is 54.6 Å². The van der Waals surface area contributed by atoms with Gasteiger partial charge in [-0.15, -0.1) is 0 Å². The molecule has 1 atom stereocenters. The number of ether oxygens (including phenoxy) is 1. The van der Waals surface area contributed by atoms with E-state index in [2.05, 4.69) is 54.5 Å². The minimum Gasteiger partial charge on any atom is -0.496 e. The number of hydrogen-bond donors (Lipinski definition) is 1. The summed E-state index contributed by atoms with van der Waals surface area (Å²) in [7, 11) is 5.18. The highest BCUT2D eigenvalue weighted by Crippen LogP contribution is 2.37. The van der Waals surface area contributed by atoms with E-state index in [0.717, 1.165) is 39.2 Å². The van der Waals surface area contributed by atoms with Crippen molar-refractivity contribution in [2.45, 2.75) is 33.7 Å². The molecule has 1 N–H and O–H groups in total. The molecular weight excluding hydrogens is 436 g/mol. The fourth-order valence-corrected chi connectivity index (χ4v) is 4.32. The molecule has 4 aromatic rings. The lowest BCUT2D eigenvalue weighted by molar-refractivity contribution is 0.0827. The van der Waals surface area contributed by atoms with Crippen LogP contribution in [-0.2, 0) is 0 Å². The number of aromatic nitrogens is 2. The molecule has 0 aliphatic heterocycles. The predicted octanol–water partition coefficient (Wildman–Crippen LogP) is 6.11. The quantitative estimate of drug-likeness (QED) is 0.370. The molecule has 0 radical (unpaired) electrons. The number of carbonyl (C=O) groups excluding carboxylic acids is 1. The maximum atomic E-state index is 12.5. The fourth-order valence-electron chi connectivity index (χ4n) is 4.32. The smallest absolute Gasteiger partial charge is 0.253 e. The number of benzene rings is 3. The van der Waals surface area contributed by atoms with E-state index in [-0.39, 0.29) is 11.9 Å². The third kappa shape index (κ3) is 4.97. The van der Waals surface area contributed by atoms with Crippen LogP contribution in [0.3, 0.4) is 0 Å². The van der Waals surface area contributed by atoms with Gasteiger partial charge in [-0.05, 0) is 56.5 Å². The molecule has 35 heavy (non-hydrogen) atoms. The van der Waals surface area contributed by atoms with Gasteiger partial charge >= 0.3 is 0 Å². The van der Waals surface area contributed by atoms with Gasteiger partial charge in [-0.2, -0.15) is 0 Å². The van der Waals surface area contributed by atoms with Gasteiger partial charge in [0.1, 0.15) is 17.4 Å². The summed E-state index contributed by atoms with van der Waals surface area (Å²) in [4.78, 5) is 23.5. The molecule has 1 amide bonds. The first-order valence-electron chi connectivity index (χ1n) is 11.7. The van der Waals surface area contributed by atoms with Crippen molar-refractivity contribution in [3.05, 3.63) is 82.7 Å². The summed E-state index contributed by atoms with van der Waals surface area (Å²) < 4.78 is 5.75. The lowest BCUT2D eigenvalue weighted by atomic mass is 9.97. The van der Waals surface area contributed by atoms with Crippen molar-refractivity contribution >= 4 is 22.6 Å². The van der Waals surface area contributed by atoms with Crippen molar-refractivity contribution < 1.29 is 9.53 Å². The van der Waals surface area contributed by atoms with Crippen molar-refractivity contribution in [2.24, 2.45) is 0 Å². The lowest BCUT2D eigenvalue weighted by Gasteiger charge is -2.19. The van der Waals surface area contributed by atoms with Gasteiger partial charge in [0.15, 0.2) is 0 Å². The average molecular weight is 469 g/mol. The van der Waals surface area contributed by atoms with E-state index in [1.807, 2.05) is 38.1 Å². The topological polar surface area (TPSA) is 67.4 Å². The normalized spacial score (nSPS) is 11.9. The van der Waals surface area contributed by atoms with Crippen LogP contribution in [-0.4, -0.2) is 42.0 Å². The minimum absolute atomic E-state index is 0.0139. The standard InChI is InChI=1S/C29H32N4O2/c1-17-9-8-10-21(13-17)19(3)30-28-25-15-24(27(35-7)16-26(25)31-20(4)32-28)22-11-12-23(18(2)14-22)29(34)33(5)6/h8-16,19H,1-7H3,(H,30,31,32)/t19-/m1/s1. The number of aryl methyl sites for hydroxylation is 3. The Morgan fingerprint density at radius 2 is 1.77 bits per heavy atom. The molecule has 180 valence electrons. The largest absolute Gasteiger partial charge is 0.496 e. The van der Waals surface area contributed by atoms with Gasteiger partial charge < -0.3 is 15.0 Å². The number of hydrogen-bond acceptors (Lipinski definition) is 5. The van der Waals surface area contributed by atoms with Crippen LogP contribution < -0.4 is 10.1 Å². The Morgan fingerprint density at radius 1 is 1.00 bits per heavy atom. The molecule has 0 fully saturated rings. The molecule has 0 aliphatic carbocycles. The maximum absolute atomic E-state index is 12.5. The van der Waals surface area contributed by atoms with Crippen LogP contribution in [0.4, 0.5) is 5.82 Å². The highest BCUT2D eigenvalue weighted by atomic mass is 16.5. The summed E-state index contributed by atoms with van der Waals surface area (Å²) in [5.41, 5.74) is 6.72. The van der Waals surface area contributed by atoms with E-state index >= 15 is 0 Å². The van der Waals surface area contributed by atoms with Crippen LogP contribution in [0.2, 0.25) is 0 Å². The van der Waals surface area contributed by atoms with Crippen molar-refractivity contribution in [1.29, 1.82) is 0 Å².